The van der Waals surface area contributed by atoms with Gasteiger partial charge in [-0.15, -0.1) is 0 Å². The van der Waals surface area contributed by atoms with E-state index in [0.29, 0.717) is 18.9 Å². The summed E-state index contributed by atoms with van der Waals surface area (Å²) in [5, 5.41) is 11.2. The number of aromatic nitrogens is 1. The SMILES string of the molecule is C[C@]1(C(N)=O)COc2c1cc([C@@](O)(CN)C1CC1)nc2-c1cc(C(F)(F)F)c(F)cc1F. The number of halogens is 5. The molecule has 1 aliphatic heterocycles. The van der Waals surface area contributed by atoms with Gasteiger partial charge in [-0.05, 0) is 37.8 Å². The summed E-state index contributed by atoms with van der Waals surface area (Å²) in [4.78, 5) is 16.4. The molecule has 11 heteroatoms. The number of primary amides is 1. The normalized spacial score (nSPS) is 22.2. The first-order chi connectivity index (χ1) is 14.8. The van der Waals surface area contributed by atoms with E-state index in [4.69, 9.17) is 16.2 Å². The van der Waals surface area contributed by atoms with Crippen LogP contribution < -0.4 is 16.2 Å². The largest absolute Gasteiger partial charge is 0.489 e. The zero-order valence-corrected chi connectivity index (χ0v) is 16.9. The highest BCUT2D eigenvalue weighted by Gasteiger charge is 2.49. The molecular weight excluding hydrogens is 437 g/mol. The van der Waals surface area contributed by atoms with Gasteiger partial charge in [-0.2, -0.15) is 13.2 Å². The lowest BCUT2D eigenvalue weighted by Gasteiger charge is -2.28. The van der Waals surface area contributed by atoms with E-state index in [0.717, 1.165) is 0 Å². The zero-order valence-electron chi connectivity index (χ0n) is 16.9. The van der Waals surface area contributed by atoms with Crippen LogP contribution in [0.3, 0.4) is 0 Å². The van der Waals surface area contributed by atoms with Crippen LogP contribution in [0, 0.1) is 17.6 Å². The minimum absolute atomic E-state index is 0.0495. The molecule has 0 radical (unpaired) electrons. The number of hydrogen-bond acceptors (Lipinski definition) is 5. The Bertz CT molecular complexity index is 1120. The van der Waals surface area contributed by atoms with Crippen LogP contribution in [-0.2, 0) is 22.0 Å². The number of fused-ring (bicyclic) bond motifs is 1. The average molecular weight is 457 g/mol. The molecular formula is C21H20F5N3O3. The molecule has 1 aliphatic carbocycles. The second-order valence-corrected chi connectivity index (χ2v) is 8.43. The van der Waals surface area contributed by atoms with Gasteiger partial charge in [0.25, 0.3) is 0 Å². The van der Waals surface area contributed by atoms with Crippen molar-refractivity contribution in [2.45, 2.75) is 37.0 Å². The molecule has 2 aliphatic rings. The van der Waals surface area contributed by atoms with Gasteiger partial charge in [0, 0.05) is 23.7 Å². The van der Waals surface area contributed by atoms with E-state index in [1.54, 1.807) is 0 Å². The second-order valence-electron chi connectivity index (χ2n) is 8.43. The topological polar surface area (TPSA) is 111 Å². The van der Waals surface area contributed by atoms with Crippen molar-refractivity contribution >= 4 is 5.91 Å². The number of carbonyl (C=O) groups is 1. The number of carbonyl (C=O) groups excluding carboxylic acids is 1. The molecule has 2 aromatic rings. The van der Waals surface area contributed by atoms with Crippen LogP contribution >= 0.6 is 0 Å². The number of pyridine rings is 1. The molecule has 1 aromatic heterocycles. The number of nitrogens with two attached hydrogens (primary N) is 2. The highest BCUT2D eigenvalue weighted by atomic mass is 19.4. The molecule has 4 rings (SSSR count). The summed E-state index contributed by atoms with van der Waals surface area (Å²) in [6.07, 6.45) is -3.83. The number of benzene rings is 1. The summed E-state index contributed by atoms with van der Waals surface area (Å²) in [6.45, 7) is 0.918. The van der Waals surface area contributed by atoms with E-state index in [-0.39, 0.29) is 42.1 Å². The predicted octanol–water partition coefficient (Wildman–Crippen LogP) is 2.74. The molecule has 0 unspecified atom stereocenters. The second kappa shape index (κ2) is 7.11. The molecule has 0 bridgehead atoms. The Morgan fingerprint density at radius 1 is 1.25 bits per heavy atom. The summed E-state index contributed by atoms with van der Waals surface area (Å²) in [7, 11) is 0. The predicted molar refractivity (Wildman–Crippen MR) is 102 cm³/mol. The molecule has 0 saturated heterocycles. The van der Waals surface area contributed by atoms with Crippen molar-refractivity contribution in [3.05, 3.63) is 46.7 Å². The van der Waals surface area contributed by atoms with Crippen LogP contribution in [0.1, 0.15) is 36.6 Å². The lowest BCUT2D eigenvalue weighted by atomic mass is 9.81. The maximum Gasteiger partial charge on any atom is 0.419 e. The fraction of sp³-hybridized carbons (Fsp3) is 0.429. The minimum atomic E-state index is -5.10. The zero-order chi connectivity index (χ0) is 23.6. The van der Waals surface area contributed by atoms with Crippen LogP contribution in [0.25, 0.3) is 11.3 Å². The van der Waals surface area contributed by atoms with Crippen molar-refractivity contribution in [1.29, 1.82) is 0 Å². The number of ether oxygens (including phenoxy) is 1. The molecule has 1 amide bonds. The molecule has 1 saturated carbocycles. The Morgan fingerprint density at radius 2 is 1.91 bits per heavy atom. The summed E-state index contributed by atoms with van der Waals surface area (Å²) >= 11 is 0. The Hall–Kier alpha value is -2.79. The van der Waals surface area contributed by atoms with Gasteiger partial charge < -0.3 is 21.3 Å². The number of rotatable bonds is 5. The number of amides is 1. The van der Waals surface area contributed by atoms with Gasteiger partial charge in [0.2, 0.25) is 5.91 Å². The third-order valence-electron chi connectivity index (χ3n) is 6.24. The first-order valence-corrected chi connectivity index (χ1v) is 9.80. The average Bonchev–Trinajstić information content (AvgIpc) is 3.50. The van der Waals surface area contributed by atoms with Crippen molar-refractivity contribution in [1.82, 2.24) is 4.98 Å². The van der Waals surface area contributed by atoms with Gasteiger partial charge in [-0.25, -0.2) is 13.8 Å². The van der Waals surface area contributed by atoms with Gasteiger partial charge in [-0.1, -0.05) is 0 Å². The van der Waals surface area contributed by atoms with Gasteiger partial charge in [0.15, 0.2) is 0 Å². The van der Waals surface area contributed by atoms with Crippen molar-refractivity contribution in [3.63, 3.8) is 0 Å². The lowest BCUT2D eigenvalue weighted by Crippen LogP contribution is -2.41. The van der Waals surface area contributed by atoms with Crippen LogP contribution in [0.4, 0.5) is 22.0 Å². The molecule has 172 valence electrons. The van der Waals surface area contributed by atoms with Crippen molar-refractivity contribution in [2.24, 2.45) is 17.4 Å². The Balaban J connectivity index is 2.03. The molecule has 2 heterocycles. The number of aliphatic hydroxyl groups is 1. The van der Waals surface area contributed by atoms with Crippen molar-refractivity contribution in [2.75, 3.05) is 13.2 Å². The molecule has 32 heavy (non-hydrogen) atoms. The highest BCUT2D eigenvalue weighted by molar-refractivity contribution is 5.90. The van der Waals surface area contributed by atoms with Crippen LogP contribution in [-0.4, -0.2) is 29.1 Å². The fourth-order valence-electron chi connectivity index (χ4n) is 3.98. The van der Waals surface area contributed by atoms with Crippen LogP contribution in [0.15, 0.2) is 18.2 Å². The third kappa shape index (κ3) is 3.30. The standard InChI is InChI=1S/C21H20F5N3O3/c1-19(18(28)30)8-32-17-12(19)5-15(20(31,7-27)9-2-3-9)29-16(17)10-4-11(21(24,25)26)14(23)6-13(10)22/h4-6,9,31H,2-3,7-8,27H2,1H3,(H2,28,30)/t19-,20+/m0/s1. The monoisotopic (exact) mass is 457 g/mol. The summed E-state index contributed by atoms with van der Waals surface area (Å²) in [6, 6.07) is 1.77. The quantitative estimate of drug-likeness (QED) is 0.598. The smallest absolute Gasteiger partial charge is 0.419 e. The number of nitrogens with zero attached hydrogens (tertiary/aromatic N) is 1. The third-order valence-corrected chi connectivity index (χ3v) is 6.24. The van der Waals surface area contributed by atoms with Gasteiger partial charge in [-0.3, -0.25) is 4.79 Å². The first-order valence-electron chi connectivity index (χ1n) is 9.80. The van der Waals surface area contributed by atoms with E-state index >= 15 is 0 Å². The molecule has 5 N–H and O–H groups in total. The maximum atomic E-state index is 14.7. The van der Waals surface area contributed by atoms with Crippen molar-refractivity contribution in [3.8, 4) is 17.0 Å². The molecule has 0 spiro atoms. The highest BCUT2D eigenvalue weighted by Crippen LogP contribution is 2.50. The van der Waals surface area contributed by atoms with Crippen LogP contribution in [0.2, 0.25) is 0 Å². The van der Waals surface area contributed by atoms with Gasteiger partial charge >= 0.3 is 6.18 Å². The van der Waals surface area contributed by atoms with E-state index in [9.17, 15) is 31.9 Å². The van der Waals surface area contributed by atoms with E-state index < -0.39 is 51.6 Å². The van der Waals surface area contributed by atoms with Crippen molar-refractivity contribution < 1.29 is 36.6 Å². The Kier molecular flexibility index (Phi) is 4.98. The van der Waals surface area contributed by atoms with E-state index in [1.165, 1.54) is 13.0 Å². The van der Waals surface area contributed by atoms with E-state index in [2.05, 4.69) is 4.98 Å². The Morgan fingerprint density at radius 3 is 2.44 bits per heavy atom. The van der Waals surface area contributed by atoms with E-state index in [1.807, 2.05) is 0 Å². The maximum absolute atomic E-state index is 14.7. The first kappa shape index (κ1) is 22.4. The molecule has 1 aromatic carbocycles. The summed E-state index contributed by atoms with van der Waals surface area (Å²) in [5.41, 5.74) is 5.54. The molecule has 1 fully saturated rings. The minimum Gasteiger partial charge on any atom is -0.489 e. The summed E-state index contributed by atoms with van der Waals surface area (Å²) in [5.74, 6) is -4.33. The van der Waals surface area contributed by atoms with Gasteiger partial charge in [0.05, 0.1) is 11.3 Å². The summed E-state index contributed by atoms with van der Waals surface area (Å²) < 4.78 is 74.0. The number of hydrogen-bond donors (Lipinski definition) is 3. The molecule has 6 nitrogen and oxygen atoms in total. The Labute approximate surface area is 179 Å². The number of alkyl halides is 3. The van der Waals surface area contributed by atoms with Crippen LogP contribution in [0.5, 0.6) is 5.75 Å². The molecule has 2 atom stereocenters. The van der Waals surface area contributed by atoms with Gasteiger partial charge in [0.1, 0.15) is 40.7 Å². The fourth-order valence-corrected chi connectivity index (χ4v) is 3.98. The lowest BCUT2D eigenvalue weighted by molar-refractivity contribution is -0.140.